The van der Waals surface area contributed by atoms with Crippen molar-refractivity contribution in [1.82, 2.24) is 0 Å². The molecule has 4 heteroatoms. The van der Waals surface area contributed by atoms with Crippen LogP contribution in [-0.2, 0) is 14.3 Å². The number of hydrogen-bond donors (Lipinski definition) is 1. The average Bonchev–Trinajstić information content (AvgIpc) is 2.33. The normalized spacial score (nSPS) is 13.1. The molecule has 0 heterocycles. The van der Waals surface area contributed by atoms with Gasteiger partial charge in [-0.05, 0) is 24.2 Å². The Bertz CT molecular complexity index is 384. The summed E-state index contributed by atoms with van der Waals surface area (Å²) in [7, 11) is 0. The van der Waals surface area contributed by atoms with Gasteiger partial charge in [-0.1, -0.05) is 54.9 Å². The minimum atomic E-state index is -1.03. The minimum Gasteiger partial charge on any atom is -0.478 e. The molecular weight excluding hydrogens is 268 g/mol. The van der Waals surface area contributed by atoms with Gasteiger partial charge in [-0.3, -0.25) is 0 Å². The number of carboxylic acid groups (broad SMARTS) is 1. The second-order valence-electron chi connectivity index (χ2n) is 6.46. The Hall–Kier alpha value is -1.32. The van der Waals surface area contributed by atoms with E-state index in [0.29, 0.717) is 18.4 Å². The Kier molecular flexibility index (Phi) is 8.30. The van der Waals surface area contributed by atoms with E-state index in [9.17, 15) is 14.7 Å². The average molecular weight is 298 g/mol. The lowest BCUT2D eigenvalue weighted by atomic mass is 9.93. The van der Waals surface area contributed by atoms with Crippen LogP contribution >= 0.6 is 0 Å². The van der Waals surface area contributed by atoms with E-state index in [4.69, 9.17) is 4.74 Å². The van der Waals surface area contributed by atoms with Crippen LogP contribution in [0.3, 0.4) is 0 Å². The lowest BCUT2D eigenvalue weighted by Gasteiger charge is -2.26. The SMILES string of the molecule is CCC/C(C(=O)OC(C(C)C)C(C)C)=C(/C(=O)O)C(C)C. The number of aliphatic carboxylic acids is 1. The fraction of sp³-hybridized carbons (Fsp3) is 0.765. The molecule has 21 heavy (non-hydrogen) atoms. The molecule has 0 aromatic carbocycles. The third-order valence-electron chi connectivity index (χ3n) is 3.44. The van der Waals surface area contributed by atoms with E-state index in [2.05, 4.69) is 0 Å². The molecule has 0 aliphatic rings. The molecule has 0 amide bonds. The second kappa shape index (κ2) is 8.85. The molecular formula is C17H30O4. The number of esters is 1. The lowest BCUT2D eigenvalue weighted by molar-refractivity contribution is -0.150. The highest BCUT2D eigenvalue weighted by molar-refractivity contribution is 5.99. The highest BCUT2D eigenvalue weighted by Crippen LogP contribution is 2.24. The Morgan fingerprint density at radius 2 is 1.48 bits per heavy atom. The van der Waals surface area contributed by atoms with Gasteiger partial charge in [-0.25, -0.2) is 9.59 Å². The third kappa shape index (κ3) is 5.90. The number of rotatable bonds is 8. The van der Waals surface area contributed by atoms with E-state index < -0.39 is 11.9 Å². The van der Waals surface area contributed by atoms with E-state index in [1.54, 1.807) is 13.8 Å². The monoisotopic (exact) mass is 298 g/mol. The number of carboxylic acids is 1. The minimum absolute atomic E-state index is 0.174. The van der Waals surface area contributed by atoms with Crippen molar-refractivity contribution in [2.24, 2.45) is 17.8 Å². The Balaban J connectivity index is 5.52. The van der Waals surface area contributed by atoms with Crippen LogP contribution in [0.2, 0.25) is 0 Å². The van der Waals surface area contributed by atoms with E-state index in [0.717, 1.165) is 0 Å². The van der Waals surface area contributed by atoms with Crippen molar-refractivity contribution in [3.8, 4) is 0 Å². The smallest absolute Gasteiger partial charge is 0.334 e. The highest BCUT2D eigenvalue weighted by Gasteiger charge is 2.28. The quantitative estimate of drug-likeness (QED) is 0.542. The zero-order valence-corrected chi connectivity index (χ0v) is 14.4. The Labute approximate surface area is 128 Å². The topological polar surface area (TPSA) is 63.6 Å². The molecule has 0 radical (unpaired) electrons. The molecule has 0 aromatic heterocycles. The molecule has 0 rings (SSSR count). The molecule has 0 aliphatic heterocycles. The van der Waals surface area contributed by atoms with Crippen LogP contribution in [0.25, 0.3) is 0 Å². The summed E-state index contributed by atoms with van der Waals surface area (Å²) >= 11 is 0. The molecule has 1 N–H and O–H groups in total. The van der Waals surface area contributed by atoms with Gasteiger partial charge in [-0.15, -0.1) is 0 Å². The van der Waals surface area contributed by atoms with Crippen molar-refractivity contribution in [3.63, 3.8) is 0 Å². The molecule has 0 spiro atoms. The van der Waals surface area contributed by atoms with Gasteiger partial charge < -0.3 is 9.84 Å². The first-order chi connectivity index (χ1) is 9.63. The standard InChI is InChI=1S/C17H30O4/c1-8-9-13(14(10(2)3)16(18)19)17(20)21-15(11(4)5)12(6)7/h10-12,15H,8-9H2,1-7H3,(H,18,19)/b14-13-. The first-order valence-electron chi connectivity index (χ1n) is 7.80. The predicted octanol–water partition coefficient (Wildman–Crippen LogP) is 4.05. The van der Waals surface area contributed by atoms with Gasteiger partial charge in [0.25, 0.3) is 0 Å². The summed E-state index contributed by atoms with van der Waals surface area (Å²) in [5.41, 5.74) is 0.486. The van der Waals surface area contributed by atoms with E-state index in [-0.39, 0.29) is 29.4 Å². The van der Waals surface area contributed by atoms with Crippen LogP contribution in [-0.4, -0.2) is 23.1 Å². The Morgan fingerprint density at radius 3 is 1.76 bits per heavy atom. The molecule has 0 bridgehead atoms. The van der Waals surface area contributed by atoms with Gasteiger partial charge in [0.05, 0.1) is 0 Å². The predicted molar refractivity (Wildman–Crippen MR) is 84.0 cm³/mol. The van der Waals surface area contributed by atoms with Crippen molar-refractivity contribution in [2.75, 3.05) is 0 Å². The maximum atomic E-state index is 12.5. The van der Waals surface area contributed by atoms with E-state index >= 15 is 0 Å². The van der Waals surface area contributed by atoms with Crippen molar-refractivity contribution >= 4 is 11.9 Å². The van der Waals surface area contributed by atoms with Gasteiger partial charge in [-0.2, -0.15) is 0 Å². The molecule has 0 unspecified atom stereocenters. The summed E-state index contributed by atoms with van der Waals surface area (Å²) in [6.45, 7) is 13.5. The van der Waals surface area contributed by atoms with Gasteiger partial charge in [0.1, 0.15) is 6.10 Å². The summed E-state index contributed by atoms with van der Waals surface area (Å²) in [6, 6.07) is 0. The Morgan fingerprint density at radius 1 is 1.00 bits per heavy atom. The van der Waals surface area contributed by atoms with Gasteiger partial charge >= 0.3 is 11.9 Å². The molecule has 122 valence electrons. The largest absolute Gasteiger partial charge is 0.478 e. The fourth-order valence-electron chi connectivity index (χ4n) is 2.56. The zero-order valence-electron chi connectivity index (χ0n) is 14.4. The summed E-state index contributed by atoms with van der Waals surface area (Å²) in [5.74, 6) is -1.33. The molecule has 4 nitrogen and oxygen atoms in total. The van der Waals surface area contributed by atoms with Crippen LogP contribution in [0, 0.1) is 17.8 Å². The fourth-order valence-corrected chi connectivity index (χ4v) is 2.56. The number of ether oxygens (including phenoxy) is 1. The molecule has 0 aromatic rings. The second-order valence-corrected chi connectivity index (χ2v) is 6.46. The van der Waals surface area contributed by atoms with Crippen LogP contribution in [0.4, 0.5) is 0 Å². The number of hydrogen-bond acceptors (Lipinski definition) is 3. The van der Waals surface area contributed by atoms with Crippen LogP contribution in [0.15, 0.2) is 11.1 Å². The van der Waals surface area contributed by atoms with Crippen LogP contribution in [0.5, 0.6) is 0 Å². The molecule has 0 saturated heterocycles. The molecule has 0 saturated carbocycles. The van der Waals surface area contributed by atoms with Gasteiger partial charge in [0.15, 0.2) is 0 Å². The van der Waals surface area contributed by atoms with Crippen molar-refractivity contribution < 1.29 is 19.4 Å². The summed E-state index contributed by atoms with van der Waals surface area (Å²) in [4.78, 5) is 23.9. The van der Waals surface area contributed by atoms with E-state index in [1.807, 2.05) is 34.6 Å². The van der Waals surface area contributed by atoms with Crippen LogP contribution in [0.1, 0.15) is 61.3 Å². The summed E-state index contributed by atoms with van der Waals surface area (Å²) < 4.78 is 5.61. The molecule has 0 fully saturated rings. The molecule has 0 aliphatic carbocycles. The first-order valence-corrected chi connectivity index (χ1v) is 7.80. The first kappa shape index (κ1) is 19.7. The summed E-state index contributed by atoms with van der Waals surface area (Å²) in [5, 5.41) is 9.38. The number of carbonyl (C=O) groups is 2. The maximum Gasteiger partial charge on any atom is 0.334 e. The van der Waals surface area contributed by atoms with Crippen LogP contribution < -0.4 is 0 Å². The summed E-state index contributed by atoms with van der Waals surface area (Å²) in [6.07, 6.45) is 0.940. The lowest BCUT2D eigenvalue weighted by Crippen LogP contribution is -2.30. The third-order valence-corrected chi connectivity index (χ3v) is 3.44. The van der Waals surface area contributed by atoms with Crippen molar-refractivity contribution in [2.45, 2.75) is 67.4 Å². The highest BCUT2D eigenvalue weighted by atomic mass is 16.5. The maximum absolute atomic E-state index is 12.5. The van der Waals surface area contributed by atoms with Gasteiger partial charge in [0.2, 0.25) is 0 Å². The number of carbonyl (C=O) groups excluding carboxylic acids is 1. The van der Waals surface area contributed by atoms with Crippen molar-refractivity contribution in [3.05, 3.63) is 11.1 Å². The van der Waals surface area contributed by atoms with Gasteiger partial charge in [0, 0.05) is 11.1 Å². The van der Waals surface area contributed by atoms with E-state index in [1.165, 1.54) is 0 Å². The van der Waals surface area contributed by atoms with Crippen molar-refractivity contribution in [1.29, 1.82) is 0 Å². The molecule has 0 atom stereocenters. The zero-order chi connectivity index (χ0) is 16.7.